The molecule has 3 nitrogen and oxygen atoms in total. The van der Waals surface area contributed by atoms with E-state index in [1.165, 1.54) is 0 Å². The van der Waals surface area contributed by atoms with Crippen LogP contribution in [0.2, 0.25) is 0 Å². The number of nitrogens with two attached hydrogens (primary N) is 1. The number of carbonyl (C=O) groups excluding carboxylic acids is 1. The van der Waals surface area contributed by atoms with Crippen LogP contribution in [0.5, 0.6) is 0 Å². The molecule has 0 saturated heterocycles. The van der Waals surface area contributed by atoms with Crippen LogP contribution < -0.4 is 5.73 Å². The molecule has 0 spiro atoms. The van der Waals surface area contributed by atoms with Gasteiger partial charge < -0.3 is 10.5 Å². The van der Waals surface area contributed by atoms with E-state index in [0.717, 1.165) is 12.0 Å². The Morgan fingerprint density at radius 1 is 1.31 bits per heavy atom. The molecule has 0 radical (unpaired) electrons. The molecule has 88 valence electrons. The second kappa shape index (κ2) is 5.66. The van der Waals surface area contributed by atoms with Gasteiger partial charge in [0.05, 0.1) is 6.61 Å². The number of carbonyl (C=O) groups is 1. The first-order chi connectivity index (χ1) is 7.65. The molecule has 0 heterocycles. The molecule has 16 heavy (non-hydrogen) atoms. The molecule has 1 aromatic rings. The maximum absolute atomic E-state index is 11.9. The highest BCUT2D eigenvalue weighted by Gasteiger charge is 2.36. The molecule has 0 aromatic heterocycles. The minimum Gasteiger partial charge on any atom is -0.464 e. The molecule has 0 aliphatic carbocycles. The zero-order chi connectivity index (χ0) is 12.0. The second-order valence-corrected chi connectivity index (χ2v) is 3.81. The lowest BCUT2D eigenvalue weighted by Crippen LogP contribution is -2.46. The van der Waals surface area contributed by atoms with Gasteiger partial charge in [-0.15, -0.1) is 0 Å². The van der Waals surface area contributed by atoms with Crippen LogP contribution in [0, 0.1) is 0 Å². The fraction of sp³-hybridized carbons (Fsp3) is 0.462. The third-order valence-electron chi connectivity index (χ3n) is 2.57. The van der Waals surface area contributed by atoms with Crippen LogP contribution in [-0.4, -0.2) is 12.6 Å². The van der Waals surface area contributed by atoms with E-state index < -0.39 is 5.54 Å². The molecule has 0 aliphatic heterocycles. The van der Waals surface area contributed by atoms with E-state index in [2.05, 4.69) is 0 Å². The van der Waals surface area contributed by atoms with Gasteiger partial charge in [-0.05, 0) is 18.9 Å². The molecular weight excluding hydrogens is 202 g/mol. The zero-order valence-corrected chi connectivity index (χ0v) is 9.90. The van der Waals surface area contributed by atoms with Crippen LogP contribution in [0.15, 0.2) is 30.3 Å². The minimum absolute atomic E-state index is 0.344. The van der Waals surface area contributed by atoms with E-state index in [1.807, 2.05) is 37.3 Å². The molecule has 3 heteroatoms. The number of esters is 1. The van der Waals surface area contributed by atoms with Gasteiger partial charge >= 0.3 is 5.97 Å². The smallest absolute Gasteiger partial charge is 0.330 e. The van der Waals surface area contributed by atoms with Crippen molar-refractivity contribution in [1.82, 2.24) is 0 Å². The molecule has 0 saturated carbocycles. The molecule has 1 aromatic carbocycles. The van der Waals surface area contributed by atoms with Gasteiger partial charge in [0, 0.05) is 0 Å². The topological polar surface area (TPSA) is 52.3 Å². The number of rotatable bonds is 5. The standard InChI is InChI=1S/C13H19NO2/c1-3-10-13(14,12(15)16-4-2)11-8-6-5-7-9-11/h5-9H,3-4,10,14H2,1-2H3. The SMILES string of the molecule is CCCC(N)(C(=O)OCC)c1ccccc1. The minimum atomic E-state index is -1.01. The van der Waals surface area contributed by atoms with Gasteiger partial charge in [-0.2, -0.15) is 0 Å². The Hall–Kier alpha value is -1.35. The lowest BCUT2D eigenvalue weighted by atomic mass is 9.87. The Balaban J connectivity index is 3.01. The summed E-state index contributed by atoms with van der Waals surface area (Å²) in [6.07, 6.45) is 1.43. The summed E-state index contributed by atoms with van der Waals surface area (Å²) >= 11 is 0. The summed E-state index contributed by atoms with van der Waals surface area (Å²) in [5.74, 6) is -0.344. The van der Waals surface area contributed by atoms with E-state index >= 15 is 0 Å². The summed E-state index contributed by atoms with van der Waals surface area (Å²) < 4.78 is 5.05. The highest BCUT2D eigenvalue weighted by Crippen LogP contribution is 2.25. The molecule has 1 rings (SSSR count). The van der Waals surface area contributed by atoms with Crippen LogP contribution in [0.4, 0.5) is 0 Å². The monoisotopic (exact) mass is 221 g/mol. The van der Waals surface area contributed by atoms with Crippen LogP contribution in [0.25, 0.3) is 0 Å². The normalized spacial score (nSPS) is 14.2. The largest absolute Gasteiger partial charge is 0.464 e. The fourth-order valence-corrected chi connectivity index (χ4v) is 1.75. The van der Waals surface area contributed by atoms with Crippen molar-refractivity contribution in [3.8, 4) is 0 Å². The van der Waals surface area contributed by atoms with Gasteiger partial charge in [-0.25, -0.2) is 4.79 Å². The van der Waals surface area contributed by atoms with Gasteiger partial charge in [0.2, 0.25) is 0 Å². The molecule has 0 fully saturated rings. The van der Waals surface area contributed by atoms with Crippen molar-refractivity contribution < 1.29 is 9.53 Å². The molecule has 0 bridgehead atoms. The molecule has 1 unspecified atom stereocenters. The summed E-state index contributed by atoms with van der Waals surface area (Å²) in [5.41, 5.74) is 5.99. The van der Waals surface area contributed by atoms with Crippen LogP contribution in [-0.2, 0) is 15.1 Å². The van der Waals surface area contributed by atoms with Gasteiger partial charge in [0.1, 0.15) is 5.54 Å². The molecule has 2 N–H and O–H groups in total. The van der Waals surface area contributed by atoms with Gasteiger partial charge in [-0.3, -0.25) is 0 Å². The predicted molar refractivity (Wildman–Crippen MR) is 63.8 cm³/mol. The Labute approximate surface area is 96.6 Å². The molecular formula is C13H19NO2. The van der Waals surface area contributed by atoms with Gasteiger partial charge in [0.25, 0.3) is 0 Å². The van der Waals surface area contributed by atoms with E-state index in [1.54, 1.807) is 6.92 Å². The molecule has 0 aliphatic rings. The quantitative estimate of drug-likeness (QED) is 0.775. The van der Waals surface area contributed by atoms with Crippen molar-refractivity contribution in [2.45, 2.75) is 32.2 Å². The van der Waals surface area contributed by atoms with Crippen molar-refractivity contribution in [1.29, 1.82) is 0 Å². The first-order valence-corrected chi connectivity index (χ1v) is 5.66. The number of benzene rings is 1. The van der Waals surface area contributed by atoms with E-state index in [4.69, 9.17) is 10.5 Å². The Morgan fingerprint density at radius 3 is 2.44 bits per heavy atom. The first-order valence-electron chi connectivity index (χ1n) is 5.66. The van der Waals surface area contributed by atoms with E-state index in [9.17, 15) is 4.79 Å². The molecule has 0 amide bonds. The lowest BCUT2D eigenvalue weighted by Gasteiger charge is -2.27. The van der Waals surface area contributed by atoms with E-state index in [0.29, 0.717) is 13.0 Å². The number of hydrogen-bond donors (Lipinski definition) is 1. The van der Waals surface area contributed by atoms with Crippen molar-refractivity contribution in [3.63, 3.8) is 0 Å². The van der Waals surface area contributed by atoms with Crippen molar-refractivity contribution in [2.24, 2.45) is 5.73 Å². The van der Waals surface area contributed by atoms with E-state index in [-0.39, 0.29) is 5.97 Å². The summed E-state index contributed by atoms with van der Waals surface area (Å²) in [4.78, 5) is 11.9. The van der Waals surface area contributed by atoms with Gasteiger partial charge in [0.15, 0.2) is 0 Å². The summed E-state index contributed by atoms with van der Waals surface area (Å²) in [6.45, 7) is 4.15. The fourth-order valence-electron chi connectivity index (χ4n) is 1.75. The van der Waals surface area contributed by atoms with Crippen LogP contribution >= 0.6 is 0 Å². The third-order valence-corrected chi connectivity index (χ3v) is 2.57. The Kier molecular flexibility index (Phi) is 4.50. The lowest BCUT2D eigenvalue weighted by molar-refractivity contribution is -0.150. The van der Waals surface area contributed by atoms with Crippen molar-refractivity contribution >= 4 is 5.97 Å². The predicted octanol–water partition coefficient (Wildman–Crippen LogP) is 2.20. The molecule has 1 atom stereocenters. The van der Waals surface area contributed by atoms with Crippen molar-refractivity contribution in [3.05, 3.63) is 35.9 Å². The van der Waals surface area contributed by atoms with Gasteiger partial charge in [-0.1, -0.05) is 43.7 Å². The highest BCUT2D eigenvalue weighted by molar-refractivity contribution is 5.82. The number of hydrogen-bond acceptors (Lipinski definition) is 3. The second-order valence-electron chi connectivity index (χ2n) is 3.81. The zero-order valence-electron chi connectivity index (χ0n) is 9.90. The third kappa shape index (κ3) is 2.61. The average molecular weight is 221 g/mol. The van der Waals surface area contributed by atoms with Crippen LogP contribution in [0.3, 0.4) is 0 Å². The maximum atomic E-state index is 11.9. The summed E-state index contributed by atoms with van der Waals surface area (Å²) in [6, 6.07) is 9.40. The summed E-state index contributed by atoms with van der Waals surface area (Å²) in [5, 5.41) is 0. The van der Waals surface area contributed by atoms with Crippen LogP contribution in [0.1, 0.15) is 32.3 Å². The average Bonchev–Trinajstić information content (AvgIpc) is 2.30. The Bertz CT molecular complexity index is 337. The Morgan fingerprint density at radius 2 is 1.94 bits per heavy atom. The highest BCUT2D eigenvalue weighted by atomic mass is 16.5. The first kappa shape index (κ1) is 12.7. The number of ether oxygens (including phenoxy) is 1. The van der Waals surface area contributed by atoms with Crippen molar-refractivity contribution in [2.75, 3.05) is 6.61 Å². The maximum Gasteiger partial charge on any atom is 0.330 e. The summed E-state index contributed by atoms with van der Waals surface area (Å²) in [7, 11) is 0.